The number of benzene rings is 2. The molecule has 0 aromatic heterocycles. The smallest absolute Gasteiger partial charge is 0.0906 e. The molecule has 1 nitrogen and oxygen atoms in total. The van der Waals surface area contributed by atoms with E-state index in [2.05, 4.69) is 66.8 Å². The fourth-order valence-electron chi connectivity index (χ4n) is 4.15. The highest BCUT2D eigenvalue weighted by Gasteiger charge is 2.40. The number of fused-ring (bicyclic) bond motifs is 7. The van der Waals surface area contributed by atoms with Crippen LogP contribution < -0.4 is 10.4 Å². The van der Waals surface area contributed by atoms with Gasteiger partial charge in [-0.25, -0.2) is 0 Å². The van der Waals surface area contributed by atoms with Crippen molar-refractivity contribution in [2.45, 2.75) is 6.10 Å². The lowest BCUT2D eigenvalue weighted by atomic mass is 9.71. The van der Waals surface area contributed by atoms with E-state index in [0.29, 0.717) is 11.8 Å². The van der Waals surface area contributed by atoms with Crippen LogP contribution in [0.2, 0.25) is 0 Å². The summed E-state index contributed by atoms with van der Waals surface area (Å²) in [5.74, 6) is 0.870. The Morgan fingerprint density at radius 1 is 0.952 bits per heavy atom. The van der Waals surface area contributed by atoms with Crippen molar-refractivity contribution in [1.29, 1.82) is 0 Å². The molecule has 2 aromatic rings. The first-order valence-corrected chi connectivity index (χ1v) is 7.62. The van der Waals surface area contributed by atoms with Crippen LogP contribution in [0, 0.1) is 11.8 Å². The highest BCUT2D eigenvalue weighted by molar-refractivity contribution is 5.80. The molecule has 5 rings (SSSR count). The normalized spacial score (nSPS) is 28.2. The molecular formula is C20H16O. The SMILES string of the molecule is C1=CC2C3C=c4ccccc4=C3c3ccccc3[C@H]2OC1. The monoisotopic (exact) mass is 272 g/mol. The van der Waals surface area contributed by atoms with Crippen molar-refractivity contribution in [2.75, 3.05) is 6.61 Å². The summed E-state index contributed by atoms with van der Waals surface area (Å²) in [4.78, 5) is 0. The molecule has 0 radical (unpaired) electrons. The van der Waals surface area contributed by atoms with Crippen molar-refractivity contribution in [3.05, 3.63) is 82.2 Å². The Hall–Kier alpha value is -2.12. The topological polar surface area (TPSA) is 9.23 Å². The summed E-state index contributed by atoms with van der Waals surface area (Å²) >= 11 is 0. The van der Waals surface area contributed by atoms with E-state index < -0.39 is 0 Å². The molecule has 3 atom stereocenters. The molecule has 2 unspecified atom stereocenters. The van der Waals surface area contributed by atoms with Gasteiger partial charge in [0.25, 0.3) is 0 Å². The lowest BCUT2D eigenvalue weighted by molar-refractivity contribution is 0.0237. The van der Waals surface area contributed by atoms with Crippen LogP contribution in [0.25, 0.3) is 11.6 Å². The van der Waals surface area contributed by atoms with E-state index in [4.69, 9.17) is 4.74 Å². The minimum atomic E-state index is 0.200. The Labute approximate surface area is 123 Å². The molecule has 0 N–H and O–H groups in total. The third-order valence-corrected chi connectivity index (χ3v) is 5.00. The maximum Gasteiger partial charge on any atom is 0.0906 e. The number of hydrogen-bond acceptors (Lipinski definition) is 1. The summed E-state index contributed by atoms with van der Waals surface area (Å²) < 4.78 is 6.10. The van der Waals surface area contributed by atoms with Crippen molar-refractivity contribution >= 4 is 11.6 Å². The van der Waals surface area contributed by atoms with Gasteiger partial charge in [0.2, 0.25) is 0 Å². The second-order valence-electron chi connectivity index (χ2n) is 6.04. The molecule has 21 heavy (non-hydrogen) atoms. The summed E-state index contributed by atoms with van der Waals surface area (Å²) in [6.45, 7) is 0.727. The Bertz CT molecular complexity index is 875. The maximum absolute atomic E-state index is 6.10. The molecule has 1 aliphatic heterocycles. The predicted octanol–water partition coefficient (Wildman–Crippen LogP) is 2.55. The standard InChI is InChI=1S/C20H16O/c1-2-7-14-13(6-1)12-18-17-10-5-11-21-20(17)16-9-4-3-8-15(16)19(14)18/h1-10,12,17-18,20H,11H2/t17?,18?,20-/m1/s1. The third kappa shape index (κ3) is 1.50. The highest BCUT2D eigenvalue weighted by atomic mass is 16.5. The zero-order valence-electron chi connectivity index (χ0n) is 11.7. The van der Waals surface area contributed by atoms with Gasteiger partial charge in [0.15, 0.2) is 0 Å². The Kier molecular flexibility index (Phi) is 2.30. The molecule has 1 heterocycles. The van der Waals surface area contributed by atoms with E-state index in [1.807, 2.05) is 0 Å². The molecule has 0 saturated carbocycles. The zero-order chi connectivity index (χ0) is 13.8. The van der Waals surface area contributed by atoms with Gasteiger partial charge in [-0.05, 0) is 27.1 Å². The van der Waals surface area contributed by atoms with E-state index in [1.165, 1.54) is 27.1 Å². The summed E-state index contributed by atoms with van der Waals surface area (Å²) in [6.07, 6.45) is 7.16. The van der Waals surface area contributed by atoms with Crippen molar-refractivity contribution in [1.82, 2.24) is 0 Å². The second kappa shape index (κ2) is 4.19. The van der Waals surface area contributed by atoms with Gasteiger partial charge < -0.3 is 4.74 Å². The largest absolute Gasteiger partial charge is 0.369 e. The van der Waals surface area contributed by atoms with Gasteiger partial charge >= 0.3 is 0 Å². The summed E-state index contributed by atoms with van der Waals surface area (Å²) in [7, 11) is 0. The van der Waals surface area contributed by atoms with E-state index in [9.17, 15) is 0 Å². The molecule has 0 fully saturated rings. The van der Waals surface area contributed by atoms with Crippen LogP contribution in [0.3, 0.4) is 0 Å². The van der Waals surface area contributed by atoms with E-state index in [-0.39, 0.29) is 6.10 Å². The van der Waals surface area contributed by atoms with Crippen LogP contribution in [0.1, 0.15) is 17.2 Å². The molecular weight excluding hydrogens is 256 g/mol. The Morgan fingerprint density at radius 2 is 1.81 bits per heavy atom. The van der Waals surface area contributed by atoms with E-state index >= 15 is 0 Å². The maximum atomic E-state index is 6.10. The summed E-state index contributed by atoms with van der Waals surface area (Å²) in [5.41, 5.74) is 4.21. The molecule has 0 bridgehead atoms. The molecule has 0 saturated heterocycles. The quantitative estimate of drug-likeness (QED) is 0.670. The minimum absolute atomic E-state index is 0.200. The first-order chi connectivity index (χ1) is 10.4. The van der Waals surface area contributed by atoms with Gasteiger partial charge in [0.05, 0.1) is 12.7 Å². The highest BCUT2D eigenvalue weighted by Crippen LogP contribution is 2.48. The lowest BCUT2D eigenvalue weighted by Gasteiger charge is -2.39. The Balaban J connectivity index is 1.90. The molecule has 2 aromatic carbocycles. The average molecular weight is 272 g/mol. The average Bonchev–Trinajstić information content (AvgIpc) is 2.95. The van der Waals surface area contributed by atoms with Crippen LogP contribution in [0.15, 0.2) is 60.7 Å². The molecule has 3 aliphatic rings. The van der Waals surface area contributed by atoms with Crippen LogP contribution in [0.4, 0.5) is 0 Å². The van der Waals surface area contributed by atoms with E-state index in [0.717, 1.165) is 6.61 Å². The van der Waals surface area contributed by atoms with E-state index in [1.54, 1.807) is 0 Å². The first-order valence-electron chi connectivity index (χ1n) is 7.62. The van der Waals surface area contributed by atoms with Crippen LogP contribution in [-0.4, -0.2) is 6.61 Å². The van der Waals surface area contributed by atoms with Gasteiger partial charge in [-0.2, -0.15) is 0 Å². The number of rotatable bonds is 0. The zero-order valence-corrected chi connectivity index (χ0v) is 11.7. The van der Waals surface area contributed by atoms with Gasteiger partial charge in [-0.3, -0.25) is 0 Å². The molecule has 1 heteroatoms. The minimum Gasteiger partial charge on any atom is -0.369 e. The van der Waals surface area contributed by atoms with Gasteiger partial charge in [0.1, 0.15) is 0 Å². The summed E-state index contributed by atoms with van der Waals surface area (Å²) in [6, 6.07) is 17.5. The fraction of sp³-hybridized carbons (Fsp3) is 0.200. The third-order valence-electron chi connectivity index (χ3n) is 5.00. The summed E-state index contributed by atoms with van der Waals surface area (Å²) in [5, 5.41) is 2.76. The fourth-order valence-corrected chi connectivity index (χ4v) is 4.15. The van der Waals surface area contributed by atoms with Crippen molar-refractivity contribution in [3.63, 3.8) is 0 Å². The molecule has 2 aliphatic carbocycles. The van der Waals surface area contributed by atoms with Crippen LogP contribution in [-0.2, 0) is 4.74 Å². The molecule has 102 valence electrons. The van der Waals surface area contributed by atoms with Crippen LogP contribution in [0.5, 0.6) is 0 Å². The van der Waals surface area contributed by atoms with Gasteiger partial charge in [-0.15, -0.1) is 0 Å². The van der Waals surface area contributed by atoms with Gasteiger partial charge in [0, 0.05) is 11.8 Å². The number of ether oxygens (including phenoxy) is 1. The first kappa shape index (κ1) is 11.5. The lowest BCUT2D eigenvalue weighted by Crippen LogP contribution is -2.31. The Morgan fingerprint density at radius 3 is 2.81 bits per heavy atom. The number of hydrogen-bond donors (Lipinski definition) is 0. The van der Waals surface area contributed by atoms with Gasteiger partial charge in [-0.1, -0.05) is 66.8 Å². The van der Waals surface area contributed by atoms with Crippen molar-refractivity contribution in [3.8, 4) is 0 Å². The molecule has 0 spiro atoms. The van der Waals surface area contributed by atoms with Crippen molar-refractivity contribution in [2.24, 2.45) is 11.8 Å². The second-order valence-corrected chi connectivity index (χ2v) is 6.04. The predicted molar refractivity (Wildman–Crippen MR) is 83.9 cm³/mol. The molecule has 0 amide bonds. The van der Waals surface area contributed by atoms with Crippen LogP contribution >= 0.6 is 0 Å². The van der Waals surface area contributed by atoms with Crippen molar-refractivity contribution < 1.29 is 4.74 Å².